The highest BCUT2D eigenvalue weighted by Gasteiger charge is 2.24. The van der Waals surface area contributed by atoms with Gasteiger partial charge in [-0.05, 0) is 44.5 Å². The molecule has 0 saturated carbocycles. The maximum atomic E-state index is 13.2. The van der Waals surface area contributed by atoms with E-state index in [1.165, 1.54) is 0 Å². The zero-order valence-corrected chi connectivity index (χ0v) is 20.2. The molecular formula is C27H26N4O5. The molecule has 1 aliphatic rings. The van der Waals surface area contributed by atoms with Crippen molar-refractivity contribution in [1.29, 1.82) is 0 Å². The Morgan fingerprint density at radius 3 is 2.61 bits per heavy atom. The van der Waals surface area contributed by atoms with Gasteiger partial charge in [0.05, 0.1) is 22.8 Å². The highest BCUT2D eigenvalue weighted by Crippen LogP contribution is 2.32. The number of amides is 1. The smallest absolute Gasteiger partial charge is 0.339 e. The van der Waals surface area contributed by atoms with Crippen LogP contribution in [-0.2, 0) is 16.1 Å². The second-order valence-corrected chi connectivity index (χ2v) is 8.79. The van der Waals surface area contributed by atoms with Gasteiger partial charge in [0, 0.05) is 18.2 Å². The lowest BCUT2D eigenvalue weighted by Crippen LogP contribution is -2.35. The first kappa shape index (κ1) is 23.3. The molecule has 2 aromatic carbocycles. The van der Waals surface area contributed by atoms with Crippen molar-refractivity contribution in [1.82, 2.24) is 20.1 Å². The Morgan fingerprint density at radius 1 is 1.06 bits per heavy atom. The molecule has 1 atom stereocenters. The van der Waals surface area contributed by atoms with Gasteiger partial charge in [0.25, 0.3) is 5.91 Å². The van der Waals surface area contributed by atoms with E-state index in [-0.39, 0.29) is 19.4 Å². The minimum absolute atomic E-state index is 0.0470. The molecule has 0 fully saturated rings. The predicted octanol–water partition coefficient (Wildman–Crippen LogP) is 4.27. The molecule has 1 amide bonds. The van der Waals surface area contributed by atoms with Crippen LogP contribution in [0.15, 0.2) is 60.8 Å². The van der Waals surface area contributed by atoms with Gasteiger partial charge in [0.1, 0.15) is 0 Å². The van der Waals surface area contributed by atoms with Crippen LogP contribution < -0.4 is 14.8 Å². The van der Waals surface area contributed by atoms with Crippen molar-refractivity contribution in [2.24, 2.45) is 0 Å². The highest BCUT2D eigenvalue weighted by molar-refractivity contribution is 6.04. The van der Waals surface area contributed by atoms with Gasteiger partial charge in [-0.25, -0.2) is 14.5 Å². The molecule has 1 unspecified atom stereocenters. The van der Waals surface area contributed by atoms with Gasteiger partial charge < -0.3 is 19.5 Å². The van der Waals surface area contributed by atoms with E-state index in [1.807, 2.05) is 56.3 Å². The van der Waals surface area contributed by atoms with E-state index in [9.17, 15) is 9.59 Å². The third kappa shape index (κ3) is 4.59. The van der Waals surface area contributed by atoms with Crippen LogP contribution >= 0.6 is 0 Å². The number of rotatable bonds is 7. The lowest BCUT2D eigenvalue weighted by Gasteiger charge is -2.15. The number of hydrogen-bond donors (Lipinski definition) is 1. The second-order valence-electron chi connectivity index (χ2n) is 8.79. The molecular weight excluding hydrogens is 460 g/mol. The molecule has 0 spiro atoms. The topological polar surface area (TPSA) is 105 Å². The third-order valence-electron chi connectivity index (χ3n) is 5.90. The predicted molar refractivity (Wildman–Crippen MR) is 133 cm³/mol. The second kappa shape index (κ2) is 9.69. The van der Waals surface area contributed by atoms with Crippen LogP contribution in [0.1, 0.15) is 42.7 Å². The normalized spacial score (nSPS) is 13.1. The molecule has 1 N–H and O–H groups in total. The quantitative estimate of drug-likeness (QED) is 0.389. The van der Waals surface area contributed by atoms with Crippen LogP contribution in [0.2, 0.25) is 0 Å². The van der Waals surface area contributed by atoms with E-state index >= 15 is 0 Å². The van der Waals surface area contributed by atoms with Crippen molar-refractivity contribution in [3.05, 3.63) is 71.9 Å². The van der Waals surface area contributed by atoms with Gasteiger partial charge in [-0.1, -0.05) is 36.4 Å². The van der Waals surface area contributed by atoms with Crippen LogP contribution in [0.25, 0.3) is 22.3 Å². The maximum absolute atomic E-state index is 13.2. The fourth-order valence-corrected chi connectivity index (χ4v) is 3.98. The molecule has 1 aliphatic heterocycles. The molecule has 9 nitrogen and oxygen atoms in total. The van der Waals surface area contributed by atoms with Gasteiger partial charge in [-0.3, -0.25) is 4.79 Å². The van der Waals surface area contributed by atoms with Gasteiger partial charge in [0.15, 0.2) is 23.3 Å². The number of fused-ring (bicyclic) bond motifs is 2. The van der Waals surface area contributed by atoms with Crippen molar-refractivity contribution < 1.29 is 23.8 Å². The molecule has 3 heterocycles. The van der Waals surface area contributed by atoms with Gasteiger partial charge in [-0.15, -0.1) is 0 Å². The summed E-state index contributed by atoms with van der Waals surface area (Å²) in [5, 5.41) is 7.79. The van der Waals surface area contributed by atoms with Gasteiger partial charge in [0.2, 0.25) is 6.79 Å². The Kier molecular flexibility index (Phi) is 6.28. The summed E-state index contributed by atoms with van der Waals surface area (Å²) in [6.07, 6.45) is 0.605. The minimum atomic E-state index is -1.00. The van der Waals surface area contributed by atoms with Gasteiger partial charge in [-0.2, -0.15) is 5.10 Å². The zero-order valence-electron chi connectivity index (χ0n) is 20.2. The molecule has 0 saturated heterocycles. The zero-order chi connectivity index (χ0) is 25.2. The van der Waals surface area contributed by atoms with Crippen molar-refractivity contribution in [3.8, 4) is 22.8 Å². The van der Waals surface area contributed by atoms with Crippen LogP contribution in [0, 0.1) is 0 Å². The van der Waals surface area contributed by atoms with Crippen LogP contribution in [0.5, 0.6) is 11.5 Å². The summed E-state index contributed by atoms with van der Waals surface area (Å²) in [6.45, 7) is 5.97. The number of nitrogens with one attached hydrogen (secondary N) is 1. The molecule has 9 heteroatoms. The van der Waals surface area contributed by atoms with Crippen molar-refractivity contribution in [2.75, 3.05) is 6.79 Å². The number of pyridine rings is 1. The number of hydrogen-bond acceptors (Lipinski definition) is 7. The SMILES string of the molecule is CC(OC(=O)c1cc(-c2ccccc2)nc2c1cnn2C(C)C)C(=O)NCc1ccc2c(c1)OCO2. The van der Waals surface area contributed by atoms with Crippen molar-refractivity contribution in [3.63, 3.8) is 0 Å². The number of esters is 1. The summed E-state index contributed by atoms with van der Waals surface area (Å²) in [7, 11) is 0. The number of carbonyl (C=O) groups is 2. The third-order valence-corrected chi connectivity index (χ3v) is 5.90. The summed E-state index contributed by atoms with van der Waals surface area (Å²) in [5.74, 6) is 0.284. The lowest BCUT2D eigenvalue weighted by atomic mass is 10.1. The molecule has 0 aliphatic carbocycles. The number of aromatic nitrogens is 3. The van der Waals surface area contributed by atoms with Crippen LogP contribution in [-0.4, -0.2) is 39.5 Å². The van der Waals surface area contributed by atoms with E-state index in [0.717, 1.165) is 11.1 Å². The Balaban J connectivity index is 1.34. The van der Waals surface area contributed by atoms with Crippen LogP contribution in [0.4, 0.5) is 0 Å². The molecule has 4 aromatic rings. The summed E-state index contributed by atoms with van der Waals surface area (Å²) < 4.78 is 18.0. The fourth-order valence-electron chi connectivity index (χ4n) is 3.98. The van der Waals surface area contributed by atoms with E-state index in [1.54, 1.807) is 29.9 Å². The van der Waals surface area contributed by atoms with E-state index in [2.05, 4.69) is 10.4 Å². The Bertz CT molecular complexity index is 1430. The Labute approximate surface area is 208 Å². The monoisotopic (exact) mass is 486 g/mol. The number of ether oxygens (including phenoxy) is 3. The number of carbonyl (C=O) groups excluding carboxylic acids is 2. The summed E-state index contributed by atoms with van der Waals surface area (Å²) in [5.41, 5.74) is 3.21. The lowest BCUT2D eigenvalue weighted by molar-refractivity contribution is -0.129. The summed E-state index contributed by atoms with van der Waals surface area (Å²) in [4.78, 5) is 30.7. The number of benzene rings is 2. The molecule has 5 rings (SSSR count). The van der Waals surface area contributed by atoms with E-state index in [4.69, 9.17) is 19.2 Å². The fraction of sp³-hybridized carbons (Fsp3) is 0.259. The largest absolute Gasteiger partial charge is 0.454 e. The molecule has 36 heavy (non-hydrogen) atoms. The standard InChI is InChI=1S/C27H26N4O5/c1-16(2)31-25-21(14-29-31)20(12-22(30-25)19-7-5-4-6-8-19)27(33)36-17(3)26(32)28-13-18-9-10-23-24(11-18)35-15-34-23/h4-12,14,16-17H,13,15H2,1-3H3,(H,28,32). The molecule has 184 valence electrons. The first-order valence-corrected chi connectivity index (χ1v) is 11.7. The van der Waals surface area contributed by atoms with Crippen molar-refractivity contribution >= 4 is 22.9 Å². The minimum Gasteiger partial charge on any atom is -0.454 e. The maximum Gasteiger partial charge on any atom is 0.339 e. The first-order chi connectivity index (χ1) is 17.4. The van der Waals surface area contributed by atoms with Gasteiger partial charge >= 0.3 is 5.97 Å². The first-order valence-electron chi connectivity index (χ1n) is 11.7. The highest BCUT2D eigenvalue weighted by atomic mass is 16.7. The van der Waals surface area contributed by atoms with Crippen molar-refractivity contribution in [2.45, 2.75) is 39.5 Å². The molecule has 0 radical (unpaired) electrons. The van der Waals surface area contributed by atoms with E-state index in [0.29, 0.717) is 33.8 Å². The Hall–Kier alpha value is -4.40. The summed E-state index contributed by atoms with van der Waals surface area (Å²) >= 11 is 0. The number of nitrogens with zero attached hydrogens (tertiary/aromatic N) is 3. The van der Waals surface area contributed by atoms with E-state index < -0.39 is 18.0 Å². The molecule has 0 bridgehead atoms. The average Bonchev–Trinajstić information content (AvgIpc) is 3.53. The van der Waals surface area contributed by atoms with Crippen LogP contribution in [0.3, 0.4) is 0 Å². The summed E-state index contributed by atoms with van der Waals surface area (Å²) in [6, 6.07) is 16.8. The average molecular weight is 487 g/mol. The Morgan fingerprint density at radius 2 is 1.83 bits per heavy atom. The molecule has 2 aromatic heterocycles.